The van der Waals surface area contributed by atoms with Crippen molar-refractivity contribution in [3.63, 3.8) is 0 Å². The Hall–Kier alpha value is -0.791. The van der Waals surface area contributed by atoms with E-state index in [0.29, 0.717) is 0 Å². The van der Waals surface area contributed by atoms with E-state index in [1.807, 2.05) is 30.5 Å². The zero-order valence-corrected chi connectivity index (χ0v) is 6.08. The van der Waals surface area contributed by atoms with Crippen LogP contribution >= 0.6 is 0 Å². The van der Waals surface area contributed by atoms with Crippen LogP contribution in [0.25, 0.3) is 10.9 Å². The van der Waals surface area contributed by atoms with Gasteiger partial charge in [-0.2, -0.15) is 5.10 Å². The summed E-state index contributed by atoms with van der Waals surface area (Å²) in [4.78, 5) is 0. The third kappa shape index (κ3) is 1.06. The molecule has 0 bridgehead atoms. The van der Waals surface area contributed by atoms with Gasteiger partial charge in [0.25, 0.3) is 0 Å². The molecule has 1 radical (unpaired) electrons. The van der Waals surface area contributed by atoms with Crippen LogP contribution in [-0.4, -0.2) is 10.2 Å². The largest absolute Gasteiger partial charge is 0.278 e. The fourth-order valence-electron chi connectivity index (χ4n) is 0.883. The third-order valence-corrected chi connectivity index (χ3v) is 1.35. The maximum Gasteiger partial charge on any atom is 0.0650 e. The molecule has 2 nitrogen and oxygen atoms in total. The van der Waals surface area contributed by atoms with Crippen molar-refractivity contribution in [2.75, 3.05) is 0 Å². The zero-order chi connectivity index (χ0) is 6.10. The number of aromatic nitrogens is 2. The minimum Gasteiger partial charge on any atom is -0.278 e. The smallest absolute Gasteiger partial charge is 0.0650 e. The van der Waals surface area contributed by atoms with E-state index < -0.39 is 0 Å². The predicted octanol–water partition coefficient (Wildman–Crippen LogP) is 1.56. The summed E-state index contributed by atoms with van der Waals surface area (Å²) in [6.45, 7) is 0. The molecule has 0 atom stereocenters. The van der Waals surface area contributed by atoms with Crippen LogP contribution in [0.4, 0.5) is 0 Å². The average molecular weight is 182 g/mol. The van der Waals surface area contributed by atoms with Crippen molar-refractivity contribution in [3.8, 4) is 0 Å². The Labute approximate surface area is 69.1 Å². The quantitative estimate of drug-likeness (QED) is 0.614. The second kappa shape index (κ2) is 2.86. The van der Waals surface area contributed by atoms with Crippen molar-refractivity contribution in [2.24, 2.45) is 0 Å². The number of rotatable bonds is 0. The standard InChI is InChI=1S/C7H6N2.Cu/c1-2-4-7-6(3-1)5-8-9-7;/h1-5H,(H,8,9);. The Morgan fingerprint density at radius 3 is 2.80 bits per heavy atom. The molecule has 0 fully saturated rings. The second-order valence-corrected chi connectivity index (χ2v) is 1.96. The van der Waals surface area contributed by atoms with E-state index in [2.05, 4.69) is 10.2 Å². The molecule has 2 aromatic rings. The Balaban J connectivity index is 0.000000500. The predicted molar refractivity (Wildman–Crippen MR) is 36.1 cm³/mol. The minimum atomic E-state index is 0. The minimum absolute atomic E-state index is 0. The first kappa shape index (κ1) is 7.32. The Bertz CT molecular complexity index is 286. The van der Waals surface area contributed by atoms with Crippen molar-refractivity contribution in [1.29, 1.82) is 0 Å². The summed E-state index contributed by atoms with van der Waals surface area (Å²) in [5, 5.41) is 7.91. The molecule has 3 heteroatoms. The first-order chi connectivity index (χ1) is 4.47. The second-order valence-electron chi connectivity index (χ2n) is 1.96. The van der Waals surface area contributed by atoms with Crippen LogP contribution in [0.2, 0.25) is 0 Å². The number of nitrogens with one attached hydrogen (secondary N) is 1. The molecule has 1 aromatic heterocycles. The first-order valence-corrected chi connectivity index (χ1v) is 2.85. The number of aromatic amines is 1. The molecule has 1 aromatic carbocycles. The molecule has 2 rings (SSSR count). The van der Waals surface area contributed by atoms with Crippen LogP contribution in [-0.2, 0) is 17.1 Å². The van der Waals surface area contributed by atoms with Gasteiger partial charge in [0.2, 0.25) is 0 Å². The SMILES string of the molecule is [Cu].c1ccc2[nH]ncc2c1. The molecular weight excluding hydrogens is 176 g/mol. The molecule has 55 valence electrons. The number of hydrogen-bond acceptors (Lipinski definition) is 1. The normalized spacial score (nSPS) is 9.20. The van der Waals surface area contributed by atoms with Crippen LogP contribution in [0.5, 0.6) is 0 Å². The zero-order valence-electron chi connectivity index (χ0n) is 5.14. The van der Waals surface area contributed by atoms with Gasteiger partial charge in [0.05, 0.1) is 11.7 Å². The molecule has 10 heavy (non-hydrogen) atoms. The van der Waals surface area contributed by atoms with E-state index >= 15 is 0 Å². The van der Waals surface area contributed by atoms with Gasteiger partial charge >= 0.3 is 0 Å². The Kier molecular flexibility index (Phi) is 2.09. The van der Waals surface area contributed by atoms with Gasteiger partial charge in [-0.3, -0.25) is 5.10 Å². The maximum absolute atomic E-state index is 3.88. The van der Waals surface area contributed by atoms with E-state index in [4.69, 9.17) is 0 Å². The van der Waals surface area contributed by atoms with E-state index in [1.165, 1.54) is 0 Å². The summed E-state index contributed by atoms with van der Waals surface area (Å²) in [7, 11) is 0. The molecule has 0 aliphatic carbocycles. The summed E-state index contributed by atoms with van der Waals surface area (Å²) in [5.74, 6) is 0. The van der Waals surface area contributed by atoms with Gasteiger partial charge in [-0.05, 0) is 6.07 Å². The van der Waals surface area contributed by atoms with E-state index in [0.717, 1.165) is 10.9 Å². The van der Waals surface area contributed by atoms with Crippen LogP contribution < -0.4 is 0 Å². The molecule has 0 unspecified atom stereocenters. The third-order valence-electron chi connectivity index (χ3n) is 1.35. The van der Waals surface area contributed by atoms with Gasteiger partial charge in [-0.25, -0.2) is 0 Å². The summed E-state index contributed by atoms with van der Waals surface area (Å²) in [6.07, 6.45) is 1.81. The Morgan fingerprint density at radius 2 is 2.00 bits per heavy atom. The van der Waals surface area contributed by atoms with Gasteiger partial charge in [0, 0.05) is 22.5 Å². The molecule has 0 aliphatic rings. The van der Waals surface area contributed by atoms with Crippen molar-refractivity contribution >= 4 is 10.9 Å². The van der Waals surface area contributed by atoms with Gasteiger partial charge in [-0.15, -0.1) is 0 Å². The Morgan fingerprint density at radius 1 is 1.20 bits per heavy atom. The van der Waals surface area contributed by atoms with Crippen LogP contribution in [0.3, 0.4) is 0 Å². The molecule has 0 saturated heterocycles. The van der Waals surface area contributed by atoms with Gasteiger partial charge < -0.3 is 0 Å². The number of para-hydroxylation sites is 1. The van der Waals surface area contributed by atoms with E-state index in [1.54, 1.807) is 0 Å². The number of nitrogens with zero attached hydrogens (tertiary/aromatic N) is 1. The van der Waals surface area contributed by atoms with Crippen molar-refractivity contribution in [2.45, 2.75) is 0 Å². The summed E-state index contributed by atoms with van der Waals surface area (Å²) in [5.41, 5.74) is 1.09. The monoisotopic (exact) mass is 181 g/mol. The number of benzene rings is 1. The van der Waals surface area contributed by atoms with Crippen molar-refractivity contribution in [3.05, 3.63) is 30.5 Å². The molecule has 0 amide bonds. The number of fused-ring (bicyclic) bond motifs is 1. The topological polar surface area (TPSA) is 28.7 Å². The molecule has 1 N–H and O–H groups in total. The summed E-state index contributed by atoms with van der Waals surface area (Å²) in [6, 6.07) is 8.01. The first-order valence-electron chi connectivity index (χ1n) is 2.85. The van der Waals surface area contributed by atoms with Crippen LogP contribution in [0.15, 0.2) is 30.5 Å². The van der Waals surface area contributed by atoms with E-state index in [9.17, 15) is 0 Å². The van der Waals surface area contributed by atoms with Gasteiger partial charge in [0.15, 0.2) is 0 Å². The molecular formula is C7H6CuN2. The number of hydrogen-bond donors (Lipinski definition) is 1. The molecule has 0 spiro atoms. The van der Waals surface area contributed by atoms with Crippen LogP contribution in [0.1, 0.15) is 0 Å². The fourth-order valence-corrected chi connectivity index (χ4v) is 0.883. The number of H-pyrrole nitrogens is 1. The van der Waals surface area contributed by atoms with Crippen molar-refractivity contribution in [1.82, 2.24) is 10.2 Å². The fraction of sp³-hybridized carbons (Fsp3) is 0. The molecule has 0 saturated carbocycles. The van der Waals surface area contributed by atoms with Crippen molar-refractivity contribution < 1.29 is 17.1 Å². The summed E-state index contributed by atoms with van der Waals surface area (Å²) < 4.78 is 0. The van der Waals surface area contributed by atoms with Crippen LogP contribution in [0, 0.1) is 0 Å². The molecule has 0 aliphatic heterocycles. The summed E-state index contributed by atoms with van der Waals surface area (Å²) >= 11 is 0. The van der Waals surface area contributed by atoms with Gasteiger partial charge in [0.1, 0.15) is 0 Å². The van der Waals surface area contributed by atoms with Gasteiger partial charge in [-0.1, -0.05) is 18.2 Å². The maximum atomic E-state index is 3.88. The van der Waals surface area contributed by atoms with E-state index in [-0.39, 0.29) is 17.1 Å². The average Bonchev–Trinajstić information content (AvgIpc) is 2.33. The molecule has 1 heterocycles.